The minimum Gasteiger partial charge on any atom is -0.504 e. The first-order valence-corrected chi connectivity index (χ1v) is 6.90. The molecule has 2 aromatic rings. The lowest BCUT2D eigenvalue weighted by Gasteiger charge is -2.08. The number of nitrogens with zero attached hydrogens (tertiary/aromatic N) is 1. The van der Waals surface area contributed by atoms with Crippen LogP contribution in [0.5, 0.6) is 23.0 Å². The molecule has 0 heterocycles. The summed E-state index contributed by atoms with van der Waals surface area (Å²) in [5.41, 5.74) is 1.22. The molecular formula is C17H19NO4. The second-order valence-corrected chi connectivity index (χ2v) is 4.42. The first-order valence-electron chi connectivity index (χ1n) is 6.90. The molecule has 0 atom stereocenters. The van der Waals surface area contributed by atoms with Crippen molar-refractivity contribution >= 4 is 11.9 Å². The number of para-hydroxylation sites is 1. The lowest BCUT2D eigenvalue weighted by atomic mass is 10.2. The summed E-state index contributed by atoms with van der Waals surface area (Å²) in [6.07, 6.45) is 1.57. The van der Waals surface area contributed by atoms with Gasteiger partial charge in [0.15, 0.2) is 11.5 Å². The molecule has 0 aliphatic carbocycles. The average Bonchev–Trinajstić information content (AvgIpc) is 2.55. The van der Waals surface area contributed by atoms with Gasteiger partial charge < -0.3 is 19.3 Å². The van der Waals surface area contributed by atoms with Gasteiger partial charge in [-0.1, -0.05) is 6.07 Å². The van der Waals surface area contributed by atoms with Crippen LogP contribution >= 0.6 is 0 Å². The van der Waals surface area contributed by atoms with Crippen LogP contribution in [0.25, 0.3) is 0 Å². The zero-order valence-electron chi connectivity index (χ0n) is 12.9. The zero-order chi connectivity index (χ0) is 15.9. The fourth-order valence-corrected chi connectivity index (χ4v) is 1.95. The number of hydrogen-bond acceptors (Lipinski definition) is 5. The van der Waals surface area contributed by atoms with E-state index in [2.05, 4.69) is 4.99 Å². The van der Waals surface area contributed by atoms with Gasteiger partial charge in [0.05, 0.1) is 20.8 Å². The maximum atomic E-state index is 10.1. The van der Waals surface area contributed by atoms with Crippen LogP contribution in [0, 0.1) is 0 Å². The molecule has 1 N–H and O–H groups in total. The first kappa shape index (κ1) is 15.7. The largest absolute Gasteiger partial charge is 0.504 e. The number of benzene rings is 2. The van der Waals surface area contributed by atoms with Crippen molar-refractivity contribution in [1.29, 1.82) is 0 Å². The summed E-state index contributed by atoms with van der Waals surface area (Å²) in [5, 5.41) is 10.1. The van der Waals surface area contributed by atoms with Crippen LogP contribution in [-0.4, -0.2) is 32.1 Å². The van der Waals surface area contributed by atoms with Crippen LogP contribution in [0.1, 0.15) is 12.5 Å². The Morgan fingerprint density at radius 1 is 1.09 bits per heavy atom. The van der Waals surface area contributed by atoms with E-state index >= 15 is 0 Å². The number of phenolic OH excluding ortho intramolecular Hbond substituents is 1. The Balaban J connectivity index is 2.31. The van der Waals surface area contributed by atoms with E-state index in [0.29, 0.717) is 35.1 Å². The maximum absolute atomic E-state index is 10.1. The molecule has 0 amide bonds. The van der Waals surface area contributed by atoms with Crippen LogP contribution in [0.3, 0.4) is 0 Å². The predicted molar refractivity (Wildman–Crippen MR) is 86.1 cm³/mol. The maximum Gasteiger partial charge on any atom is 0.166 e. The molecule has 5 nitrogen and oxygen atoms in total. The van der Waals surface area contributed by atoms with E-state index in [-0.39, 0.29) is 5.75 Å². The van der Waals surface area contributed by atoms with E-state index in [9.17, 15) is 5.11 Å². The van der Waals surface area contributed by atoms with Gasteiger partial charge in [0.2, 0.25) is 0 Å². The minimum atomic E-state index is 0.0700. The van der Waals surface area contributed by atoms with E-state index < -0.39 is 0 Å². The van der Waals surface area contributed by atoms with E-state index in [4.69, 9.17) is 14.2 Å². The Hall–Kier alpha value is -2.69. The quantitative estimate of drug-likeness (QED) is 0.829. The molecule has 2 rings (SSSR count). The van der Waals surface area contributed by atoms with E-state index in [1.165, 1.54) is 0 Å². The summed E-state index contributed by atoms with van der Waals surface area (Å²) < 4.78 is 15.8. The molecule has 0 radical (unpaired) electrons. The fourth-order valence-electron chi connectivity index (χ4n) is 1.95. The standard InChI is InChI=1S/C17H19NO4/c1-4-22-15-7-5-6-12(17(15)19)11-18-14-9-8-13(20-2)10-16(14)21-3/h5-11,19H,4H2,1-3H3. The normalized spacial score (nSPS) is 10.7. The second-order valence-electron chi connectivity index (χ2n) is 4.42. The Kier molecular flexibility index (Phi) is 5.25. The van der Waals surface area contributed by atoms with E-state index in [1.54, 1.807) is 56.8 Å². The predicted octanol–water partition coefficient (Wildman–Crippen LogP) is 3.56. The number of ether oxygens (including phenoxy) is 3. The van der Waals surface area contributed by atoms with Crippen LogP contribution in [0.2, 0.25) is 0 Å². The molecule has 0 saturated carbocycles. The highest BCUT2D eigenvalue weighted by atomic mass is 16.5. The van der Waals surface area contributed by atoms with Crippen molar-refractivity contribution in [1.82, 2.24) is 0 Å². The summed E-state index contributed by atoms with van der Waals surface area (Å²) in [4.78, 5) is 4.36. The third-order valence-corrected chi connectivity index (χ3v) is 3.06. The third kappa shape index (κ3) is 3.49. The molecule has 0 saturated heterocycles. The van der Waals surface area contributed by atoms with Gasteiger partial charge in [-0.25, -0.2) is 0 Å². The highest BCUT2D eigenvalue weighted by Gasteiger charge is 2.07. The number of phenols is 1. The van der Waals surface area contributed by atoms with Crippen LogP contribution in [-0.2, 0) is 0 Å². The third-order valence-electron chi connectivity index (χ3n) is 3.06. The van der Waals surface area contributed by atoms with Gasteiger partial charge in [-0.15, -0.1) is 0 Å². The Labute approximate surface area is 129 Å². The van der Waals surface area contributed by atoms with Crippen molar-refractivity contribution in [3.63, 3.8) is 0 Å². The SMILES string of the molecule is CCOc1cccc(C=Nc2ccc(OC)cc2OC)c1O. The van der Waals surface area contributed by atoms with Crippen LogP contribution in [0.4, 0.5) is 5.69 Å². The Bertz CT molecular complexity index is 668. The van der Waals surface area contributed by atoms with Crippen molar-refractivity contribution in [2.45, 2.75) is 6.92 Å². The van der Waals surface area contributed by atoms with Crippen molar-refractivity contribution in [3.8, 4) is 23.0 Å². The fraction of sp³-hybridized carbons (Fsp3) is 0.235. The second kappa shape index (κ2) is 7.36. The molecule has 0 aliphatic heterocycles. The summed E-state index contributed by atoms with van der Waals surface area (Å²) >= 11 is 0. The van der Waals surface area contributed by atoms with Crippen LogP contribution < -0.4 is 14.2 Å². The number of hydrogen-bond donors (Lipinski definition) is 1. The molecule has 0 spiro atoms. The number of aliphatic imine (C=N–C) groups is 1. The minimum absolute atomic E-state index is 0.0700. The monoisotopic (exact) mass is 301 g/mol. The van der Waals surface area contributed by atoms with Crippen molar-refractivity contribution in [2.75, 3.05) is 20.8 Å². The molecule has 22 heavy (non-hydrogen) atoms. The lowest BCUT2D eigenvalue weighted by Crippen LogP contribution is -1.93. The topological polar surface area (TPSA) is 60.3 Å². The molecule has 0 unspecified atom stereocenters. The summed E-state index contributed by atoms with van der Waals surface area (Å²) in [5.74, 6) is 1.79. The number of methoxy groups -OCH3 is 2. The number of rotatable bonds is 6. The highest BCUT2D eigenvalue weighted by molar-refractivity contribution is 5.87. The van der Waals surface area contributed by atoms with E-state index in [0.717, 1.165) is 0 Å². The van der Waals surface area contributed by atoms with E-state index in [1.807, 2.05) is 6.92 Å². The molecule has 5 heteroatoms. The molecular weight excluding hydrogens is 282 g/mol. The highest BCUT2D eigenvalue weighted by Crippen LogP contribution is 2.33. The number of aromatic hydroxyl groups is 1. The molecule has 0 bridgehead atoms. The Morgan fingerprint density at radius 2 is 1.91 bits per heavy atom. The molecule has 0 aliphatic rings. The van der Waals surface area contributed by atoms with Crippen LogP contribution in [0.15, 0.2) is 41.4 Å². The van der Waals surface area contributed by atoms with Gasteiger partial charge in [-0.05, 0) is 31.2 Å². The van der Waals surface area contributed by atoms with Crippen molar-refractivity contribution in [3.05, 3.63) is 42.0 Å². The van der Waals surface area contributed by atoms with Crippen molar-refractivity contribution in [2.24, 2.45) is 4.99 Å². The van der Waals surface area contributed by atoms with Gasteiger partial charge in [-0.2, -0.15) is 0 Å². The van der Waals surface area contributed by atoms with Gasteiger partial charge in [0.25, 0.3) is 0 Å². The smallest absolute Gasteiger partial charge is 0.166 e. The van der Waals surface area contributed by atoms with Gasteiger partial charge in [0, 0.05) is 17.8 Å². The molecule has 116 valence electrons. The molecule has 0 fully saturated rings. The summed E-state index contributed by atoms with van der Waals surface area (Å²) in [7, 11) is 3.16. The average molecular weight is 301 g/mol. The summed E-state index contributed by atoms with van der Waals surface area (Å²) in [6.45, 7) is 2.35. The van der Waals surface area contributed by atoms with Gasteiger partial charge >= 0.3 is 0 Å². The Morgan fingerprint density at radius 3 is 2.59 bits per heavy atom. The first-order chi connectivity index (χ1) is 10.7. The van der Waals surface area contributed by atoms with Gasteiger partial charge in [-0.3, -0.25) is 4.99 Å². The molecule has 2 aromatic carbocycles. The lowest BCUT2D eigenvalue weighted by molar-refractivity contribution is 0.318. The van der Waals surface area contributed by atoms with Gasteiger partial charge in [0.1, 0.15) is 17.2 Å². The van der Waals surface area contributed by atoms with Crippen molar-refractivity contribution < 1.29 is 19.3 Å². The summed E-state index contributed by atoms with van der Waals surface area (Å²) in [6, 6.07) is 10.6. The molecule has 0 aromatic heterocycles. The zero-order valence-corrected chi connectivity index (χ0v) is 12.9.